The summed E-state index contributed by atoms with van der Waals surface area (Å²) in [4.78, 5) is 49.5. The molecule has 0 saturated heterocycles. The number of nitrogens with zero attached hydrogens (tertiary/aromatic N) is 2. The Labute approximate surface area is 183 Å². The number of aromatic amines is 1. The summed E-state index contributed by atoms with van der Waals surface area (Å²) >= 11 is 0. The molecule has 0 unspecified atom stereocenters. The van der Waals surface area contributed by atoms with Crippen LogP contribution in [-0.2, 0) is 6.42 Å². The molecule has 0 saturated carbocycles. The third-order valence-corrected chi connectivity index (χ3v) is 5.36. The van der Waals surface area contributed by atoms with Crippen LogP contribution in [-0.4, -0.2) is 39.0 Å². The molecule has 0 spiro atoms. The lowest BCUT2D eigenvalue weighted by atomic mass is 10.00. The smallest absolute Gasteiger partial charge is 0.253 e. The van der Waals surface area contributed by atoms with Crippen LogP contribution in [0.5, 0.6) is 0 Å². The molecule has 0 radical (unpaired) electrons. The minimum atomic E-state index is -0.586. The molecule has 0 atom stereocenters. The van der Waals surface area contributed by atoms with Gasteiger partial charge in [0.1, 0.15) is 0 Å². The number of benzene rings is 2. The predicted molar refractivity (Wildman–Crippen MR) is 118 cm³/mol. The van der Waals surface area contributed by atoms with Crippen molar-refractivity contribution < 1.29 is 14.4 Å². The lowest BCUT2D eigenvalue weighted by Crippen LogP contribution is -2.31. The molecule has 0 bridgehead atoms. The minimum absolute atomic E-state index is 0.0997. The number of aromatic nitrogens is 3. The lowest BCUT2D eigenvalue weighted by Gasteiger charge is -2.10. The molecular formula is C25H18N4O3. The van der Waals surface area contributed by atoms with Crippen molar-refractivity contribution in [2.24, 2.45) is 0 Å². The van der Waals surface area contributed by atoms with E-state index in [1.165, 1.54) is 0 Å². The van der Waals surface area contributed by atoms with Gasteiger partial charge in [-0.1, -0.05) is 48.5 Å². The zero-order valence-corrected chi connectivity index (χ0v) is 17.0. The number of amides is 1. The maximum Gasteiger partial charge on any atom is 0.253 e. The molecule has 2 aromatic heterocycles. The number of carbonyl (C=O) groups is 3. The van der Waals surface area contributed by atoms with Crippen LogP contribution in [0.3, 0.4) is 0 Å². The van der Waals surface area contributed by atoms with Gasteiger partial charge < -0.3 is 10.3 Å². The molecule has 1 aliphatic heterocycles. The van der Waals surface area contributed by atoms with Gasteiger partial charge in [-0.25, -0.2) is 9.97 Å². The zero-order valence-electron chi connectivity index (χ0n) is 17.0. The number of fused-ring (bicyclic) bond motifs is 1. The fraction of sp³-hybridized carbons (Fsp3) is 0.0800. The van der Waals surface area contributed by atoms with Gasteiger partial charge in [0.05, 0.1) is 17.0 Å². The number of rotatable bonds is 5. The monoisotopic (exact) mass is 422 g/mol. The van der Waals surface area contributed by atoms with Crippen LogP contribution in [0.1, 0.15) is 36.8 Å². The van der Waals surface area contributed by atoms with Gasteiger partial charge >= 0.3 is 0 Å². The number of ketones is 2. The lowest BCUT2D eigenvalue weighted by molar-refractivity contribution is 0.0817. The van der Waals surface area contributed by atoms with Crippen molar-refractivity contribution in [2.75, 3.05) is 6.54 Å². The third kappa shape index (κ3) is 3.60. The quantitative estimate of drug-likeness (QED) is 0.378. The van der Waals surface area contributed by atoms with E-state index in [-0.39, 0.29) is 11.5 Å². The number of Topliss-reactive ketones (excluding diaryl/α,β-unsaturated/α-hetero) is 2. The summed E-state index contributed by atoms with van der Waals surface area (Å²) in [5.74, 6) is -0.830. The number of carbonyl (C=O) groups excluding carboxylic acids is 3. The number of hydrogen-bond acceptors (Lipinski definition) is 5. The van der Waals surface area contributed by atoms with Crippen LogP contribution >= 0.6 is 0 Å². The van der Waals surface area contributed by atoms with E-state index in [0.29, 0.717) is 34.8 Å². The summed E-state index contributed by atoms with van der Waals surface area (Å²) in [6, 6.07) is 18.7. The van der Waals surface area contributed by atoms with Crippen molar-refractivity contribution in [1.82, 2.24) is 20.3 Å². The molecule has 0 fully saturated rings. The SMILES string of the molecule is O=C(C(=O)c1cccc(-c2nccc(-c3cc4c([nH]3)CCNC4=O)n2)c1)c1ccccc1. The summed E-state index contributed by atoms with van der Waals surface area (Å²) in [6.07, 6.45) is 2.36. The largest absolute Gasteiger partial charge is 0.356 e. The molecule has 0 aliphatic carbocycles. The molecule has 1 amide bonds. The fourth-order valence-electron chi connectivity index (χ4n) is 3.73. The molecular weight excluding hydrogens is 404 g/mol. The minimum Gasteiger partial charge on any atom is -0.356 e. The van der Waals surface area contributed by atoms with E-state index in [0.717, 1.165) is 17.8 Å². The van der Waals surface area contributed by atoms with Gasteiger partial charge in [0.15, 0.2) is 5.82 Å². The average molecular weight is 422 g/mol. The summed E-state index contributed by atoms with van der Waals surface area (Å²) < 4.78 is 0. The highest BCUT2D eigenvalue weighted by Crippen LogP contribution is 2.25. The second-order valence-electron chi connectivity index (χ2n) is 7.45. The summed E-state index contributed by atoms with van der Waals surface area (Å²) in [5, 5.41) is 2.83. The standard InChI is InChI=1S/C25H18N4O3/c30-22(15-5-2-1-3-6-15)23(31)16-7-4-8-17(13-16)24-26-11-10-20(29-24)21-14-18-19(28-21)9-12-27-25(18)32/h1-8,10-11,13-14,28H,9,12H2,(H,27,32). The van der Waals surface area contributed by atoms with Crippen molar-refractivity contribution in [2.45, 2.75) is 6.42 Å². The van der Waals surface area contributed by atoms with Gasteiger partial charge in [0, 0.05) is 41.5 Å². The Bertz CT molecular complexity index is 1360. The van der Waals surface area contributed by atoms with Gasteiger partial charge in [0.2, 0.25) is 11.6 Å². The second-order valence-corrected chi connectivity index (χ2v) is 7.45. The van der Waals surface area contributed by atoms with E-state index in [9.17, 15) is 14.4 Å². The first-order chi connectivity index (χ1) is 15.6. The van der Waals surface area contributed by atoms with Crippen LogP contribution in [0.25, 0.3) is 22.8 Å². The van der Waals surface area contributed by atoms with Crippen molar-refractivity contribution in [3.05, 3.63) is 95.3 Å². The second kappa shape index (κ2) is 8.03. The molecule has 156 valence electrons. The van der Waals surface area contributed by atoms with Crippen molar-refractivity contribution in [3.8, 4) is 22.8 Å². The predicted octanol–water partition coefficient (Wildman–Crippen LogP) is 3.49. The molecule has 1 aliphatic rings. The maximum atomic E-state index is 12.7. The van der Waals surface area contributed by atoms with Crippen molar-refractivity contribution in [1.29, 1.82) is 0 Å². The molecule has 5 rings (SSSR count). The molecule has 2 aromatic carbocycles. The Morgan fingerprint density at radius 3 is 2.47 bits per heavy atom. The highest BCUT2D eigenvalue weighted by Gasteiger charge is 2.21. The Kier molecular flexibility index (Phi) is 4.91. The highest BCUT2D eigenvalue weighted by atomic mass is 16.2. The molecule has 4 aromatic rings. The molecule has 3 heterocycles. The summed E-state index contributed by atoms with van der Waals surface area (Å²) in [6.45, 7) is 0.601. The number of H-pyrrole nitrogens is 1. The molecule has 7 heteroatoms. The van der Waals surface area contributed by atoms with Gasteiger partial charge in [-0.3, -0.25) is 14.4 Å². The van der Waals surface area contributed by atoms with Crippen molar-refractivity contribution >= 4 is 17.5 Å². The van der Waals surface area contributed by atoms with E-state index in [1.54, 1.807) is 72.9 Å². The topological polar surface area (TPSA) is 105 Å². The first kappa shape index (κ1) is 19.6. The van der Waals surface area contributed by atoms with E-state index in [2.05, 4.69) is 20.3 Å². The Morgan fingerprint density at radius 1 is 0.875 bits per heavy atom. The molecule has 2 N–H and O–H groups in total. The van der Waals surface area contributed by atoms with E-state index < -0.39 is 11.6 Å². The van der Waals surface area contributed by atoms with Gasteiger partial charge in [-0.05, 0) is 18.2 Å². The third-order valence-electron chi connectivity index (χ3n) is 5.36. The van der Waals surface area contributed by atoms with Crippen LogP contribution in [0.4, 0.5) is 0 Å². The first-order valence-corrected chi connectivity index (χ1v) is 10.2. The van der Waals surface area contributed by atoms with Gasteiger partial charge in [-0.2, -0.15) is 0 Å². The number of nitrogens with one attached hydrogen (secondary N) is 2. The van der Waals surface area contributed by atoms with Gasteiger partial charge in [-0.15, -0.1) is 0 Å². The van der Waals surface area contributed by atoms with Crippen molar-refractivity contribution in [3.63, 3.8) is 0 Å². The summed E-state index contributed by atoms with van der Waals surface area (Å²) in [5.41, 5.74) is 4.11. The van der Waals surface area contributed by atoms with E-state index >= 15 is 0 Å². The van der Waals surface area contributed by atoms with E-state index in [1.807, 2.05) is 0 Å². The van der Waals surface area contributed by atoms with Crippen LogP contribution < -0.4 is 5.32 Å². The Hall–Kier alpha value is -4.39. The summed E-state index contributed by atoms with van der Waals surface area (Å²) in [7, 11) is 0. The molecule has 32 heavy (non-hydrogen) atoms. The fourth-order valence-corrected chi connectivity index (χ4v) is 3.73. The maximum absolute atomic E-state index is 12.7. The van der Waals surface area contributed by atoms with Crippen LogP contribution in [0.2, 0.25) is 0 Å². The first-order valence-electron chi connectivity index (χ1n) is 10.2. The number of hydrogen-bond donors (Lipinski definition) is 2. The van der Waals surface area contributed by atoms with Crippen LogP contribution in [0, 0.1) is 0 Å². The van der Waals surface area contributed by atoms with Gasteiger partial charge in [0.25, 0.3) is 5.91 Å². The average Bonchev–Trinajstić information content (AvgIpc) is 3.30. The Balaban J connectivity index is 1.46. The Morgan fingerprint density at radius 2 is 1.66 bits per heavy atom. The van der Waals surface area contributed by atoms with Crippen LogP contribution in [0.15, 0.2) is 72.9 Å². The van der Waals surface area contributed by atoms with E-state index in [4.69, 9.17) is 0 Å². The normalized spacial score (nSPS) is 12.7. The molecule has 7 nitrogen and oxygen atoms in total. The zero-order chi connectivity index (χ0) is 22.1. The highest BCUT2D eigenvalue weighted by molar-refractivity contribution is 6.49.